The van der Waals surface area contributed by atoms with Crippen LogP contribution in [0.5, 0.6) is 0 Å². The molecule has 3 nitrogen and oxygen atoms in total. The molecule has 2 aliphatic carbocycles. The molecule has 1 heterocycles. The van der Waals surface area contributed by atoms with Crippen molar-refractivity contribution in [2.24, 2.45) is 5.92 Å². The second-order valence-corrected chi connectivity index (χ2v) is 6.62. The van der Waals surface area contributed by atoms with Crippen molar-refractivity contribution < 1.29 is 14.4 Å². The van der Waals surface area contributed by atoms with Gasteiger partial charge in [-0.05, 0) is 38.7 Å². The zero-order chi connectivity index (χ0) is 14.5. The zero-order valence-electron chi connectivity index (χ0n) is 12.5. The lowest BCUT2D eigenvalue weighted by atomic mass is 9.68. The molecule has 20 heavy (non-hydrogen) atoms. The first-order valence-electron chi connectivity index (χ1n) is 7.13. The third kappa shape index (κ3) is 2.03. The van der Waals surface area contributed by atoms with Gasteiger partial charge >= 0.3 is 7.12 Å². The average molecular weight is 272 g/mol. The minimum absolute atomic E-state index is 0.000903. The van der Waals surface area contributed by atoms with Crippen LogP contribution in [-0.2, 0) is 9.31 Å². The van der Waals surface area contributed by atoms with Crippen molar-refractivity contribution in [2.45, 2.75) is 45.0 Å². The van der Waals surface area contributed by atoms with Crippen molar-refractivity contribution >= 4 is 7.12 Å². The van der Waals surface area contributed by atoms with Crippen LogP contribution in [0.25, 0.3) is 0 Å². The molecule has 0 bridgehead atoms. The van der Waals surface area contributed by atoms with Crippen molar-refractivity contribution in [3.8, 4) is 0 Å². The molecule has 0 spiro atoms. The number of hydrogen-bond donors (Lipinski definition) is 1. The Labute approximate surface area is 120 Å². The highest BCUT2D eigenvalue weighted by atomic mass is 16.7. The van der Waals surface area contributed by atoms with E-state index in [1.807, 2.05) is 64.2 Å². The Morgan fingerprint density at radius 1 is 1.00 bits per heavy atom. The van der Waals surface area contributed by atoms with Gasteiger partial charge in [0.05, 0.1) is 17.3 Å². The highest BCUT2D eigenvalue weighted by Gasteiger charge is 2.53. The van der Waals surface area contributed by atoms with Crippen LogP contribution in [0.2, 0.25) is 0 Å². The topological polar surface area (TPSA) is 38.7 Å². The largest absolute Gasteiger partial charge is 0.495 e. The first kappa shape index (κ1) is 13.9. The maximum absolute atomic E-state index is 10.1. The van der Waals surface area contributed by atoms with Crippen molar-refractivity contribution in [2.75, 3.05) is 0 Å². The third-order valence-electron chi connectivity index (χ3n) is 4.75. The van der Waals surface area contributed by atoms with Gasteiger partial charge in [-0.1, -0.05) is 36.5 Å². The number of rotatable bonds is 1. The van der Waals surface area contributed by atoms with Crippen LogP contribution in [0.3, 0.4) is 0 Å². The van der Waals surface area contributed by atoms with Gasteiger partial charge in [-0.2, -0.15) is 0 Å². The monoisotopic (exact) mass is 272 g/mol. The summed E-state index contributed by atoms with van der Waals surface area (Å²) in [6.07, 6.45) is 11.3. The molecular weight excluding hydrogens is 251 g/mol. The van der Waals surface area contributed by atoms with Gasteiger partial charge in [-0.15, -0.1) is 0 Å². The predicted octanol–water partition coefficient (Wildman–Crippen LogP) is 2.59. The summed E-state index contributed by atoms with van der Waals surface area (Å²) in [6, 6.07) is 0. The fraction of sp³-hybridized carbons (Fsp3) is 0.500. The lowest BCUT2D eigenvalue weighted by Gasteiger charge is -2.32. The Morgan fingerprint density at radius 2 is 1.65 bits per heavy atom. The molecule has 1 N–H and O–H groups in total. The molecule has 0 radical (unpaired) electrons. The third-order valence-corrected chi connectivity index (χ3v) is 4.75. The minimum atomic E-state index is -0.475. The molecule has 3 rings (SSSR count). The number of aliphatic hydroxyl groups is 1. The van der Waals surface area contributed by atoms with Gasteiger partial charge in [0.2, 0.25) is 0 Å². The van der Waals surface area contributed by atoms with Gasteiger partial charge in [0, 0.05) is 5.92 Å². The summed E-state index contributed by atoms with van der Waals surface area (Å²) in [5, 5.41) is 10.1. The zero-order valence-corrected chi connectivity index (χ0v) is 12.5. The molecule has 1 aliphatic heterocycles. The molecule has 2 atom stereocenters. The summed E-state index contributed by atoms with van der Waals surface area (Å²) >= 11 is 0. The molecule has 1 saturated heterocycles. The second-order valence-electron chi connectivity index (χ2n) is 6.62. The fourth-order valence-corrected chi connectivity index (χ4v) is 2.75. The Morgan fingerprint density at radius 3 is 2.30 bits per heavy atom. The summed E-state index contributed by atoms with van der Waals surface area (Å²) in [6.45, 7) is 8.20. The maximum atomic E-state index is 10.1. The Kier molecular flexibility index (Phi) is 3.09. The quantitative estimate of drug-likeness (QED) is 0.746. The Bertz CT molecular complexity index is 524. The first-order valence-corrected chi connectivity index (χ1v) is 7.13. The van der Waals surface area contributed by atoms with Crippen LogP contribution in [0.15, 0.2) is 47.5 Å². The predicted molar refractivity (Wildman–Crippen MR) is 80.0 cm³/mol. The van der Waals surface area contributed by atoms with Gasteiger partial charge in [0.1, 0.15) is 0 Å². The summed E-state index contributed by atoms with van der Waals surface area (Å²) in [5.41, 5.74) is 1.40. The molecule has 0 amide bonds. The molecule has 4 heteroatoms. The molecule has 0 aromatic carbocycles. The Hall–Kier alpha value is -1.10. The molecule has 0 aromatic rings. The molecule has 2 unspecified atom stereocenters. The fourth-order valence-electron chi connectivity index (χ4n) is 2.75. The van der Waals surface area contributed by atoms with E-state index in [-0.39, 0.29) is 24.2 Å². The molecule has 1 fully saturated rings. The van der Waals surface area contributed by atoms with Crippen molar-refractivity contribution in [1.82, 2.24) is 0 Å². The molecule has 106 valence electrons. The lowest BCUT2D eigenvalue weighted by Crippen LogP contribution is -2.41. The van der Waals surface area contributed by atoms with E-state index in [1.54, 1.807) is 0 Å². The standard InChI is InChI=1S/C16H21BO3/c1-15(2)16(3,4)20-17(19-15)13-9-10-14(18)12-8-6-5-7-11(12)13/h5-10,12,14,18H,1-4H3. The lowest BCUT2D eigenvalue weighted by molar-refractivity contribution is 0.00578. The van der Waals surface area contributed by atoms with Crippen LogP contribution in [-0.4, -0.2) is 29.5 Å². The van der Waals surface area contributed by atoms with Crippen molar-refractivity contribution in [1.29, 1.82) is 0 Å². The van der Waals surface area contributed by atoms with E-state index in [0.717, 1.165) is 11.0 Å². The van der Waals surface area contributed by atoms with E-state index < -0.39 is 6.10 Å². The number of hydrogen-bond acceptors (Lipinski definition) is 3. The van der Waals surface area contributed by atoms with E-state index in [2.05, 4.69) is 0 Å². The molecule has 0 saturated carbocycles. The minimum Gasteiger partial charge on any atom is -0.399 e. The van der Waals surface area contributed by atoms with Crippen molar-refractivity contribution in [3.63, 3.8) is 0 Å². The van der Waals surface area contributed by atoms with Crippen molar-refractivity contribution in [3.05, 3.63) is 47.5 Å². The maximum Gasteiger partial charge on any atom is 0.495 e. The van der Waals surface area contributed by atoms with Crippen LogP contribution >= 0.6 is 0 Å². The Balaban J connectivity index is 1.97. The highest BCUT2D eigenvalue weighted by Crippen LogP contribution is 2.41. The van der Waals surface area contributed by atoms with E-state index in [1.165, 1.54) is 0 Å². The number of fused-ring (bicyclic) bond motifs is 1. The van der Waals surface area contributed by atoms with Gasteiger partial charge in [-0.3, -0.25) is 0 Å². The van der Waals surface area contributed by atoms with Crippen LogP contribution in [0.4, 0.5) is 0 Å². The van der Waals surface area contributed by atoms with Crippen LogP contribution < -0.4 is 0 Å². The highest BCUT2D eigenvalue weighted by molar-refractivity contribution is 6.56. The van der Waals surface area contributed by atoms with E-state index >= 15 is 0 Å². The van der Waals surface area contributed by atoms with E-state index in [9.17, 15) is 5.11 Å². The van der Waals surface area contributed by atoms with E-state index in [0.29, 0.717) is 0 Å². The summed E-state index contributed by atoms with van der Waals surface area (Å²) in [5.74, 6) is -0.000903. The molecular formula is C16H21BO3. The summed E-state index contributed by atoms with van der Waals surface area (Å²) in [7, 11) is -0.377. The normalized spacial score (nSPS) is 33.8. The second kappa shape index (κ2) is 4.45. The van der Waals surface area contributed by atoms with Gasteiger partial charge in [0.15, 0.2) is 0 Å². The van der Waals surface area contributed by atoms with Gasteiger partial charge < -0.3 is 14.4 Å². The van der Waals surface area contributed by atoms with Crippen LogP contribution in [0.1, 0.15) is 27.7 Å². The number of aliphatic hydroxyl groups excluding tert-OH is 1. The first-order chi connectivity index (χ1) is 9.32. The smallest absolute Gasteiger partial charge is 0.399 e. The molecule has 3 aliphatic rings. The SMILES string of the molecule is CC1(C)OB(C2=C3C=CC=CC3C(O)C=C2)OC1(C)C. The van der Waals surface area contributed by atoms with E-state index in [4.69, 9.17) is 9.31 Å². The number of allylic oxidation sites excluding steroid dienone is 5. The molecule has 0 aromatic heterocycles. The van der Waals surface area contributed by atoms with Gasteiger partial charge in [-0.25, -0.2) is 0 Å². The summed E-state index contributed by atoms with van der Waals surface area (Å²) in [4.78, 5) is 0. The summed E-state index contributed by atoms with van der Waals surface area (Å²) < 4.78 is 12.2. The van der Waals surface area contributed by atoms with Crippen LogP contribution in [0, 0.1) is 5.92 Å². The average Bonchev–Trinajstić information content (AvgIpc) is 2.59. The van der Waals surface area contributed by atoms with Gasteiger partial charge in [0.25, 0.3) is 0 Å².